The fraction of sp³-hybridized carbons (Fsp3) is 0.625. The van der Waals surface area contributed by atoms with E-state index in [2.05, 4.69) is 5.32 Å². The molecule has 8 heteroatoms. The van der Waals surface area contributed by atoms with Crippen molar-refractivity contribution in [3.63, 3.8) is 0 Å². The fourth-order valence-electron chi connectivity index (χ4n) is 3.20. The van der Waals surface area contributed by atoms with Crippen LogP contribution >= 0.6 is 0 Å². The molecule has 1 aliphatic heterocycles. The summed E-state index contributed by atoms with van der Waals surface area (Å²) in [5.74, 6) is 0.793. The summed E-state index contributed by atoms with van der Waals surface area (Å²) < 4.78 is 27.2. The second-order valence-corrected chi connectivity index (χ2v) is 8.59. The molecule has 1 N–H and O–H groups in total. The molecule has 1 saturated heterocycles. The summed E-state index contributed by atoms with van der Waals surface area (Å²) in [6, 6.07) is 4.71. The van der Waals surface area contributed by atoms with Crippen LogP contribution in [0.25, 0.3) is 0 Å². The molecule has 0 radical (unpaired) electrons. The lowest BCUT2D eigenvalue weighted by atomic mass is 10.1. The summed E-state index contributed by atoms with van der Waals surface area (Å²) in [6.07, 6.45) is 4.06. The number of hydrogen-bond acceptors (Lipinski definition) is 5. The van der Waals surface area contributed by atoms with Gasteiger partial charge in [0.05, 0.1) is 4.92 Å². The fourth-order valence-corrected chi connectivity index (χ4v) is 5.03. The number of benzene rings is 1. The van der Waals surface area contributed by atoms with Gasteiger partial charge < -0.3 is 5.32 Å². The van der Waals surface area contributed by atoms with E-state index in [1.165, 1.54) is 29.3 Å². The van der Waals surface area contributed by atoms with Gasteiger partial charge in [-0.2, -0.15) is 4.31 Å². The molecule has 1 heterocycles. The molecule has 1 aliphatic carbocycles. The Kier molecular flexibility index (Phi) is 4.89. The lowest BCUT2D eigenvalue weighted by molar-refractivity contribution is -0.387. The Morgan fingerprint density at radius 3 is 2.50 bits per heavy atom. The summed E-state index contributed by atoms with van der Waals surface area (Å²) in [5, 5.41) is 14.7. The van der Waals surface area contributed by atoms with Crippen molar-refractivity contribution in [3.05, 3.63) is 33.9 Å². The summed E-state index contributed by atoms with van der Waals surface area (Å²) >= 11 is 0. The molecule has 0 unspecified atom stereocenters. The largest absolute Gasteiger partial charge is 0.314 e. The van der Waals surface area contributed by atoms with E-state index >= 15 is 0 Å². The van der Waals surface area contributed by atoms with Gasteiger partial charge >= 0.3 is 0 Å². The van der Waals surface area contributed by atoms with Gasteiger partial charge in [-0.05, 0) is 50.6 Å². The smallest absolute Gasteiger partial charge is 0.289 e. The Morgan fingerprint density at radius 2 is 1.92 bits per heavy atom. The van der Waals surface area contributed by atoms with Gasteiger partial charge in [0.2, 0.25) is 10.0 Å². The van der Waals surface area contributed by atoms with Crippen LogP contribution < -0.4 is 5.32 Å². The summed E-state index contributed by atoms with van der Waals surface area (Å²) in [5.41, 5.74) is 0.0714. The van der Waals surface area contributed by atoms with Gasteiger partial charge in [0.15, 0.2) is 4.90 Å². The molecule has 3 rings (SSSR count). The van der Waals surface area contributed by atoms with Crippen LogP contribution in [-0.2, 0) is 10.0 Å². The molecule has 1 aromatic rings. The molecule has 7 nitrogen and oxygen atoms in total. The molecule has 0 spiro atoms. The standard InChI is InChI=1S/C16H23N3O4S/c1-12-3-2-4-15(19(20)21)16(12)24(22,23)18-9-7-14(8-10-18)17-11-13-5-6-13/h2-4,13-14,17H,5-11H2,1H3. The zero-order valence-corrected chi connectivity index (χ0v) is 14.6. The molecule has 0 bridgehead atoms. The van der Waals surface area contributed by atoms with Crippen molar-refractivity contribution in [2.24, 2.45) is 5.92 Å². The maximum Gasteiger partial charge on any atom is 0.289 e. The number of nitrogens with zero attached hydrogens (tertiary/aromatic N) is 2. The molecule has 1 saturated carbocycles. The Balaban J connectivity index is 1.73. The first kappa shape index (κ1) is 17.3. The minimum atomic E-state index is -3.85. The minimum absolute atomic E-state index is 0.167. The van der Waals surface area contributed by atoms with E-state index in [-0.39, 0.29) is 10.6 Å². The quantitative estimate of drug-likeness (QED) is 0.624. The van der Waals surface area contributed by atoms with Gasteiger partial charge in [-0.3, -0.25) is 10.1 Å². The van der Waals surface area contributed by atoms with Crippen LogP contribution in [0.5, 0.6) is 0 Å². The summed E-state index contributed by atoms with van der Waals surface area (Å²) in [4.78, 5) is 10.4. The topological polar surface area (TPSA) is 92.5 Å². The van der Waals surface area contributed by atoms with Crippen LogP contribution in [-0.4, -0.2) is 43.3 Å². The number of piperidine rings is 1. The molecule has 0 atom stereocenters. The Labute approximate surface area is 142 Å². The lowest BCUT2D eigenvalue weighted by Crippen LogP contribution is -2.45. The number of sulfonamides is 1. The predicted octanol–water partition coefficient (Wildman–Crippen LogP) is 2.06. The van der Waals surface area contributed by atoms with E-state index in [1.807, 2.05) is 0 Å². The molecular formula is C16H23N3O4S. The zero-order valence-electron chi connectivity index (χ0n) is 13.8. The second kappa shape index (κ2) is 6.78. The van der Waals surface area contributed by atoms with Crippen molar-refractivity contribution in [3.8, 4) is 0 Å². The molecule has 0 amide bonds. The van der Waals surface area contributed by atoms with Crippen LogP contribution in [0, 0.1) is 23.0 Å². The summed E-state index contributed by atoms with van der Waals surface area (Å²) in [6.45, 7) is 3.41. The van der Waals surface area contributed by atoms with Crippen LogP contribution in [0.1, 0.15) is 31.2 Å². The van der Waals surface area contributed by atoms with Crippen molar-refractivity contribution >= 4 is 15.7 Å². The average Bonchev–Trinajstić information content (AvgIpc) is 3.37. The van der Waals surface area contributed by atoms with Crippen LogP contribution in [0.4, 0.5) is 5.69 Å². The van der Waals surface area contributed by atoms with Crippen LogP contribution in [0.3, 0.4) is 0 Å². The molecule has 132 valence electrons. The van der Waals surface area contributed by atoms with Gasteiger partial charge in [-0.25, -0.2) is 8.42 Å². The number of nitro groups is 1. The zero-order chi connectivity index (χ0) is 17.3. The Hall–Kier alpha value is -1.51. The van der Waals surface area contributed by atoms with Crippen LogP contribution in [0.15, 0.2) is 23.1 Å². The van der Waals surface area contributed by atoms with Crippen molar-refractivity contribution in [1.29, 1.82) is 0 Å². The number of hydrogen-bond donors (Lipinski definition) is 1. The first-order valence-electron chi connectivity index (χ1n) is 8.37. The molecule has 2 aliphatic rings. The third kappa shape index (κ3) is 3.60. The molecular weight excluding hydrogens is 330 g/mol. The summed E-state index contributed by atoms with van der Waals surface area (Å²) in [7, 11) is -3.85. The second-order valence-electron chi connectivity index (χ2n) is 6.71. The van der Waals surface area contributed by atoms with E-state index < -0.39 is 14.9 Å². The number of nitro benzene ring substituents is 1. The van der Waals surface area contributed by atoms with Crippen molar-refractivity contribution in [1.82, 2.24) is 9.62 Å². The van der Waals surface area contributed by atoms with Gasteiger partial charge in [-0.15, -0.1) is 0 Å². The SMILES string of the molecule is Cc1cccc([N+](=O)[O-])c1S(=O)(=O)N1CCC(NCC2CC2)CC1. The molecule has 0 aromatic heterocycles. The number of nitrogens with one attached hydrogen (secondary N) is 1. The normalized spacial score (nSPS) is 20.2. The van der Waals surface area contributed by atoms with Gasteiger partial charge in [0.25, 0.3) is 5.69 Å². The first-order chi connectivity index (χ1) is 11.4. The van der Waals surface area contributed by atoms with Gasteiger partial charge in [-0.1, -0.05) is 12.1 Å². The maximum absolute atomic E-state index is 12.9. The highest BCUT2D eigenvalue weighted by molar-refractivity contribution is 7.89. The lowest BCUT2D eigenvalue weighted by Gasteiger charge is -2.32. The van der Waals surface area contributed by atoms with E-state index in [9.17, 15) is 18.5 Å². The van der Waals surface area contributed by atoms with Crippen molar-refractivity contribution in [2.75, 3.05) is 19.6 Å². The Bertz CT molecular complexity index is 723. The monoisotopic (exact) mass is 353 g/mol. The predicted molar refractivity (Wildman–Crippen MR) is 90.3 cm³/mol. The molecule has 24 heavy (non-hydrogen) atoms. The van der Waals surface area contributed by atoms with Crippen molar-refractivity contribution < 1.29 is 13.3 Å². The highest BCUT2D eigenvalue weighted by Gasteiger charge is 2.35. The third-order valence-electron chi connectivity index (χ3n) is 4.83. The maximum atomic E-state index is 12.9. The molecule has 1 aromatic carbocycles. The van der Waals surface area contributed by atoms with Gasteiger partial charge in [0, 0.05) is 25.2 Å². The van der Waals surface area contributed by atoms with E-state index in [1.54, 1.807) is 13.0 Å². The number of rotatable bonds is 6. The van der Waals surface area contributed by atoms with Crippen molar-refractivity contribution in [2.45, 2.75) is 43.5 Å². The van der Waals surface area contributed by atoms with E-state index in [0.717, 1.165) is 25.3 Å². The highest BCUT2D eigenvalue weighted by atomic mass is 32.2. The minimum Gasteiger partial charge on any atom is -0.314 e. The highest BCUT2D eigenvalue weighted by Crippen LogP contribution is 2.31. The van der Waals surface area contributed by atoms with E-state index in [0.29, 0.717) is 24.7 Å². The van der Waals surface area contributed by atoms with Gasteiger partial charge in [0.1, 0.15) is 0 Å². The average molecular weight is 353 g/mol. The van der Waals surface area contributed by atoms with Crippen LogP contribution in [0.2, 0.25) is 0 Å². The molecule has 2 fully saturated rings. The Morgan fingerprint density at radius 1 is 1.25 bits per heavy atom. The third-order valence-corrected chi connectivity index (χ3v) is 6.92. The first-order valence-corrected chi connectivity index (χ1v) is 9.81. The number of aryl methyl sites for hydroxylation is 1. The van der Waals surface area contributed by atoms with E-state index in [4.69, 9.17) is 0 Å².